The number of halogens is 1. The van der Waals surface area contributed by atoms with Crippen LogP contribution in [0.4, 0.5) is 5.69 Å². The fourth-order valence-corrected chi connectivity index (χ4v) is 2.61. The van der Waals surface area contributed by atoms with E-state index in [0.29, 0.717) is 17.1 Å². The molecule has 1 amide bonds. The van der Waals surface area contributed by atoms with Crippen LogP contribution < -0.4 is 14.8 Å². The first kappa shape index (κ1) is 13.0. The van der Waals surface area contributed by atoms with Gasteiger partial charge in [-0.2, -0.15) is 0 Å². The highest BCUT2D eigenvalue weighted by molar-refractivity contribution is 9.10. The summed E-state index contributed by atoms with van der Waals surface area (Å²) in [6.45, 7) is 2.14. The number of carbonyl (C=O) groups is 1. The fourth-order valence-electron chi connectivity index (χ4n) is 2.02. The Morgan fingerprint density at radius 1 is 1.25 bits per heavy atom. The maximum Gasteiger partial charge on any atom is 0.259 e. The third kappa shape index (κ3) is 2.36. The van der Waals surface area contributed by atoms with Crippen molar-refractivity contribution in [3.8, 4) is 11.5 Å². The normalized spacial score (nSPS) is 12.3. The number of nitrogens with one attached hydrogen (secondary N) is 1. The van der Waals surface area contributed by atoms with Gasteiger partial charge in [0.1, 0.15) is 0 Å². The number of hydrogen-bond donors (Lipinski definition) is 1. The molecule has 0 aliphatic carbocycles. The first-order chi connectivity index (χ1) is 9.65. The van der Waals surface area contributed by atoms with Gasteiger partial charge < -0.3 is 14.8 Å². The molecule has 0 spiro atoms. The molecule has 0 saturated heterocycles. The van der Waals surface area contributed by atoms with E-state index in [1.165, 1.54) is 0 Å². The average molecular weight is 334 g/mol. The van der Waals surface area contributed by atoms with Crippen LogP contribution in [0.15, 0.2) is 40.9 Å². The van der Waals surface area contributed by atoms with Crippen molar-refractivity contribution >= 4 is 27.5 Å². The third-order valence-electron chi connectivity index (χ3n) is 3.01. The molecular formula is C15H12BrNO3. The summed E-state index contributed by atoms with van der Waals surface area (Å²) in [5.41, 5.74) is 2.30. The molecule has 4 nitrogen and oxygen atoms in total. The number of carbonyl (C=O) groups excluding carboxylic acids is 1. The minimum atomic E-state index is -0.225. The maximum atomic E-state index is 12.3. The number of hydrogen-bond acceptors (Lipinski definition) is 3. The Bertz CT molecular complexity index is 685. The van der Waals surface area contributed by atoms with Gasteiger partial charge in [0.15, 0.2) is 11.5 Å². The molecule has 0 atom stereocenters. The zero-order chi connectivity index (χ0) is 14.1. The van der Waals surface area contributed by atoms with Crippen LogP contribution in [-0.4, -0.2) is 12.7 Å². The van der Waals surface area contributed by atoms with Gasteiger partial charge in [0.25, 0.3) is 5.91 Å². The third-order valence-corrected chi connectivity index (χ3v) is 3.67. The highest BCUT2D eigenvalue weighted by Crippen LogP contribution is 2.36. The first-order valence-electron chi connectivity index (χ1n) is 6.11. The van der Waals surface area contributed by atoms with Gasteiger partial charge in [-0.1, -0.05) is 12.1 Å². The van der Waals surface area contributed by atoms with E-state index in [1.807, 2.05) is 25.1 Å². The number of amides is 1. The van der Waals surface area contributed by atoms with E-state index in [0.717, 1.165) is 15.7 Å². The molecule has 2 aromatic carbocycles. The predicted molar refractivity (Wildman–Crippen MR) is 79.4 cm³/mol. The molecule has 0 bridgehead atoms. The number of benzene rings is 2. The Morgan fingerprint density at radius 2 is 2.10 bits per heavy atom. The smallest absolute Gasteiger partial charge is 0.259 e. The van der Waals surface area contributed by atoms with Crippen molar-refractivity contribution in [3.05, 3.63) is 52.0 Å². The average Bonchev–Trinajstić information content (AvgIpc) is 2.90. The molecule has 0 fully saturated rings. The fraction of sp³-hybridized carbons (Fsp3) is 0.133. The minimum Gasteiger partial charge on any atom is -0.454 e. The van der Waals surface area contributed by atoms with Gasteiger partial charge >= 0.3 is 0 Å². The van der Waals surface area contributed by atoms with Gasteiger partial charge in [-0.3, -0.25) is 4.79 Å². The van der Waals surface area contributed by atoms with E-state index in [9.17, 15) is 4.79 Å². The molecule has 0 radical (unpaired) electrons. The second-order valence-electron chi connectivity index (χ2n) is 4.48. The Labute approximate surface area is 124 Å². The largest absolute Gasteiger partial charge is 0.454 e. The van der Waals surface area contributed by atoms with E-state index in [2.05, 4.69) is 21.2 Å². The molecule has 0 saturated carbocycles. The van der Waals surface area contributed by atoms with Crippen LogP contribution in [0.3, 0.4) is 0 Å². The zero-order valence-electron chi connectivity index (χ0n) is 10.8. The summed E-state index contributed by atoms with van der Waals surface area (Å²) in [5, 5.41) is 2.86. The second-order valence-corrected chi connectivity index (χ2v) is 5.33. The highest BCUT2D eigenvalue weighted by Gasteiger charge is 2.22. The van der Waals surface area contributed by atoms with E-state index in [4.69, 9.17) is 9.47 Å². The molecule has 2 aromatic rings. The zero-order valence-corrected chi connectivity index (χ0v) is 12.4. The maximum absolute atomic E-state index is 12.3. The van der Waals surface area contributed by atoms with Gasteiger partial charge in [0.2, 0.25) is 6.79 Å². The summed E-state index contributed by atoms with van der Waals surface area (Å²) in [6, 6.07) is 11.0. The van der Waals surface area contributed by atoms with Crippen LogP contribution in [-0.2, 0) is 0 Å². The highest BCUT2D eigenvalue weighted by atomic mass is 79.9. The lowest BCUT2D eigenvalue weighted by Gasteiger charge is -2.09. The summed E-state index contributed by atoms with van der Waals surface area (Å²) >= 11 is 3.44. The first-order valence-corrected chi connectivity index (χ1v) is 6.90. The molecule has 1 N–H and O–H groups in total. The molecule has 1 aliphatic heterocycles. The van der Waals surface area contributed by atoms with Crippen LogP contribution in [0.1, 0.15) is 15.9 Å². The molecule has 3 rings (SSSR count). The SMILES string of the molecule is Cc1ccc(NC(=O)c2cccc3c2OCO3)c(Br)c1. The van der Waals surface area contributed by atoms with Gasteiger partial charge in [-0.15, -0.1) is 0 Å². The van der Waals surface area contributed by atoms with Crippen molar-refractivity contribution in [3.63, 3.8) is 0 Å². The van der Waals surface area contributed by atoms with Crippen LogP contribution in [0.25, 0.3) is 0 Å². The summed E-state index contributed by atoms with van der Waals surface area (Å²) in [7, 11) is 0. The molecule has 102 valence electrons. The topological polar surface area (TPSA) is 47.6 Å². The van der Waals surface area contributed by atoms with Gasteiger partial charge in [0, 0.05) is 4.47 Å². The number of aryl methyl sites for hydroxylation is 1. The Kier molecular flexibility index (Phi) is 3.36. The van der Waals surface area contributed by atoms with Gasteiger partial charge in [-0.05, 0) is 52.7 Å². The van der Waals surface area contributed by atoms with Crippen LogP contribution in [0, 0.1) is 6.92 Å². The van der Waals surface area contributed by atoms with Crippen LogP contribution >= 0.6 is 15.9 Å². The van der Waals surface area contributed by atoms with E-state index >= 15 is 0 Å². The van der Waals surface area contributed by atoms with Crippen LogP contribution in [0.2, 0.25) is 0 Å². The molecule has 0 unspecified atom stereocenters. The minimum absolute atomic E-state index is 0.147. The Hall–Kier alpha value is -2.01. The van der Waals surface area contributed by atoms with Crippen molar-refractivity contribution in [1.29, 1.82) is 0 Å². The van der Waals surface area contributed by atoms with E-state index < -0.39 is 0 Å². The number of rotatable bonds is 2. The molecule has 5 heteroatoms. The second kappa shape index (κ2) is 5.17. The number of para-hydroxylation sites is 1. The predicted octanol–water partition coefficient (Wildman–Crippen LogP) is 3.74. The van der Waals surface area contributed by atoms with Crippen molar-refractivity contribution in [1.82, 2.24) is 0 Å². The molecule has 1 heterocycles. The number of fused-ring (bicyclic) bond motifs is 1. The monoisotopic (exact) mass is 333 g/mol. The quantitative estimate of drug-likeness (QED) is 0.910. The number of anilines is 1. The lowest BCUT2D eigenvalue weighted by molar-refractivity contribution is 0.102. The molecule has 0 aromatic heterocycles. The lowest BCUT2D eigenvalue weighted by atomic mass is 10.1. The van der Waals surface area contributed by atoms with Crippen LogP contribution in [0.5, 0.6) is 11.5 Å². The summed E-state index contributed by atoms with van der Waals surface area (Å²) in [4.78, 5) is 12.3. The van der Waals surface area contributed by atoms with E-state index in [1.54, 1.807) is 18.2 Å². The molecular weight excluding hydrogens is 322 g/mol. The van der Waals surface area contributed by atoms with Gasteiger partial charge in [-0.25, -0.2) is 0 Å². The lowest BCUT2D eigenvalue weighted by Crippen LogP contribution is -2.13. The van der Waals surface area contributed by atoms with Crippen molar-refractivity contribution in [2.75, 3.05) is 12.1 Å². The Balaban J connectivity index is 1.89. The summed E-state index contributed by atoms with van der Waals surface area (Å²) in [6.07, 6.45) is 0. The summed E-state index contributed by atoms with van der Waals surface area (Å²) < 4.78 is 11.5. The van der Waals surface area contributed by atoms with E-state index in [-0.39, 0.29) is 12.7 Å². The van der Waals surface area contributed by atoms with Crippen molar-refractivity contribution in [2.24, 2.45) is 0 Å². The van der Waals surface area contributed by atoms with Crippen molar-refractivity contribution < 1.29 is 14.3 Å². The Morgan fingerprint density at radius 3 is 2.90 bits per heavy atom. The molecule has 20 heavy (non-hydrogen) atoms. The number of ether oxygens (including phenoxy) is 2. The summed E-state index contributed by atoms with van der Waals surface area (Å²) in [5.74, 6) is 0.866. The van der Waals surface area contributed by atoms with Gasteiger partial charge in [0.05, 0.1) is 11.3 Å². The molecule has 1 aliphatic rings. The van der Waals surface area contributed by atoms with Crippen molar-refractivity contribution in [2.45, 2.75) is 6.92 Å². The standard InChI is InChI=1S/C15H12BrNO3/c1-9-5-6-12(11(16)7-9)17-15(18)10-3-2-4-13-14(10)20-8-19-13/h2-7H,8H2,1H3,(H,17,18).